The lowest BCUT2D eigenvalue weighted by Crippen LogP contribution is -2.61. The molecule has 0 bridgehead atoms. The highest BCUT2D eigenvalue weighted by Crippen LogP contribution is 2.45. The van der Waals surface area contributed by atoms with Gasteiger partial charge in [-0.1, -0.05) is 0 Å². The van der Waals surface area contributed by atoms with Gasteiger partial charge in [0.25, 0.3) is 0 Å². The number of primary amides is 1. The topological polar surface area (TPSA) is 68.7 Å². The zero-order chi connectivity index (χ0) is 17.6. The van der Waals surface area contributed by atoms with Crippen molar-refractivity contribution >= 4 is 28.6 Å². The van der Waals surface area contributed by atoms with Gasteiger partial charge >= 0.3 is 0 Å². The molecule has 1 fully saturated rings. The third kappa shape index (κ3) is 2.78. The Hall–Kier alpha value is -2.08. The molecule has 1 atom stereocenters. The third-order valence-electron chi connectivity index (χ3n) is 5.12. The molecule has 1 unspecified atom stereocenters. The number of ether oxygens (including phenoxy) is 1. The molecule has 1 amide bonds. The molecule has 0 spiro atoms. The van der Waals surface area contributed by atoms with E-state index < -0.39 is 5.54 Å². The summed E-state index contributed by atoms with van der Waals surface area (Å²) >= 11 is 1.73. The van der Waals surface area contributed by atoms with E-state index in [0.717, 1.165) is 46.6 Å². The number of fused-ring (bicyclic) bond motifs is 1. The van der Waals surface area contributed by atoms with Gasteiger partial charge in [-0.25, -0.2) is 0 Å². The van der Waals surface area contributed by atoms with E-state index in [4.69, 9.17) is 14.9 Å². The summed E-state index contributed by atoms with van der Waals surface area (Å²) < 4.78 is 11.5. The highest BCUT2D eigenvalue weighted by molar-refractivity contribution is 8.03. The molecule has 1 aromatic carbocycles. The van der Waals surface area contributed by atoms with Crippen molar-refractivity contribution in [3.8, 4) is 5.75 Å². The van der Waals surface area contributed by atoms with E-state index in [0.29, 0.717) is 6.61 Å². The number of benzene rings is 1. The molecule has 5 nitrogen and oxygen atoms in total. The highest BCUT2D eigenvalue weighted by atomic mass is 32.2. The summed E-state index contributed by atoms with van der Waals surface area (Å²) in [5.41, 5.74) is 6.05. The number of carbonyl (C=O) groups excluding carboxylic acids is 1. The van der Waals surface area contributed by atoms with Crippen LogP contribution in [0.15, 0.2) is 39.8 Å². The Kier molecular flexibility index (Phi) is 3.95. The molecule has 1 aliphatic heterocycles. The second kappa shape index (κ2) is 6.02. The van der Waals surface area contributed by atoms with E-state index in [2.05, 4.69) is 18.0 Å². The molecule has 2 aromatic rings. The average molecular weight is 358 g/mol. The van der Waals surface area contributed by atoms with Gasteiger partial charge in [0.1, 0.15) is 29.2 Å². The molecular formula is C19H22N2O3S. The number of rotatable bonds is 5. The number of thioether (sulfide) groups is 1. The molecule has 0 saturated heterocycles. The lowest BCUT2D eigenvalue weighted by molar-refractivity contribution is -0.134. The first-order chi connectivity index (χ1) is 12.0. The van der Waals surface area contributed by atoms with E-state index in [1.54, 1.807) is 11.8 Å². The molecule has 1 saturated carbocycles. The van der Waals surface area contributed by atoms with Crippen molar-refractivity contribution in [3.63, 3.8) is 0 Å². The average Bonchev–Trinajstić information content (AvgIpc) is 3.05. The molecule has 1 aromatic heterocycles. The summed E-state index contributed by atoms with van der Waals surface area (Å²) in [6.07, 6.45) is 4.79. The molecule has 2 N–H and O–H groups in total. The first-order valence-corrected chi connectivity index (χ1v) is 9.45. The first-order valence-electron chi connectivity index (χ1n) is 8.57. The molecule has 2 heterocycles. The van der Waals surface area contributed by atoms with Crippen molar-refractivity contribution < 1.29 is 13.9 Å². The Balaban J connectivity index is 1.47. The fourth-order valence-electron chi connectivity index (χ4n) is 3.65. The molecule has 2 aliphatic rings. The SMILES string of the molecule is Cc1cc2cc(OCC3=CN(C4(C(N)=O)CCC4)C(C)S3)ccc2o1. The van der Waals surface area contributed by atoms with E-state index in [1.165, 1.54) is 0 Å². The smallest absolute Gasteiger partial charge is 0.243 e. The Morgan fingerprint density at radius 1 is 1.44 bits per heavy atom. The van der Waals surface area contributed by atoms with Gasteiger partial charge in [-0.2, -0.15) is 0 Å². The monoisotopic (exact) mass is 358 g/mol. The van der Waals surface area contributed by atoms with Crippen LogP contribution in [0.25, 0.3) is 11.0 Å². The molecule has 4 rings (SSSR count). The molecule has 25 heavy (non-hydrogen) atoms. The number of nitrogens with zero attached hydrogens (tertiary/aromatic N) is 1. The van der Waals surface area contributed by atoms with E-state index in [-0.39, 0.29) is 11.3 Å². The highest BCUT2D eigenvalue weighted by Gasteiger charge is 2.50. The van der Waals surface area contributed by atoms with Crippen LogP contribution in [0.3, 0.4) is 0 Å². The van der Waals surface area contributed by atoms with Crippen molar-refractivity contribution in [2.24, 2.45) is 5.73 Å². The number of nitrogens with two attached hydrogens (primary N) is 1. The first kappa shape index (κ1) is 16.4. The van der Waals surface area contributed by atoms with Crippen LogP contribution in [0.2, 0.25) is 0 Å². The van der Waals surface area contributed by atoms with Crippen molar-refractivity contribution in [3.05, 3.63) is 41.1 Å². The van der Waals surface area contributed by atoms with Gasteiger partial charge in [-0.15, -0.1) is 11.8 Å². The Bertz CT molecular complexity index is 853. The van der Waals surface area contributed by atoms with Crippen molar-refractivity contribution in [2.45, 2.75) is 44.0 Å². The lowest BCUT2D eigenvalue weighted by atomic mass is 9.74. The maximum atomic E-state index is 12.0. The summed E-state index contributed by atoms with van der Waals surface area (Å²) in [5.74, 6) is 1.49. The van der Waals surface area contributed by atoms with Gasteiger partial charge in [0, 0.05) is 16.5 Å². The Morgan fingerprint density at radius 3 is 2.92 bits per heavy atom. The number of amides is 1. The zero-order valence-electron chi connectivity index (χ0n) is 14.5. The van der Waals surface area contributed by atoms with Crippen LogP contribution in [-0.4, -0.2) is 28.3 Å². The van der Waals surface area contributed by atoms with E-state index >= 15 is 0 Å². The second-order valence-corrected chi connectivity index (χ2v) is 8.26. The minimum Gasteiger partial charge on any atom is -0.488 e. The summed E-state index contributed by atoms with van der Waals surface area (Å²) in [4.78, 5) is 15.2. The van der Waals surface area contributed by atoms with E-state index in [1.807, 2.05) is 31.2 Å². The normalized spacial score (nSPS) is 21.9. The Labute approximate surface area is 151 Å². The van der Waals surface area contributed by atoms with Crippen LogP contribution >= 0.6 is 11.8 Å². The summed E-state index contributed by atoms with van der Waals surface area (Å²) in [6, 6.07) is 7.84. The molecular weight excluding hydrogens is 336 g/mol. The molecule has 0 radical (unpaired) electrons. The predicted molar refractivity (Wildman–Crippen MR) is 99.2 cm³/mol. The van der Waals surface area contributed by atoms with Gasteiger partial charge < -0.3 is 19.8 Å². The molecule has 132 valence electrons. The zero-order valence-corrected chi connectivity index (χ0v) is 15.3. The third-order valence-corrected chi connectivity index (χ3v) is 6.22. The van der Waals surface area contributed by atoms with E-state index in [9.17, 15) is 4.79 Å². The van der Waals surface area contributed by atoms with Crippen molar-refractivity contribution in [2.75, 3.05) is 6.61 Å². The summed E-state index contributed by atoms with van der Waals surface area (Å²) in [6.45, 7) is 4.53. The number of furan rings is 1. The van der Waals surface area contributed by atoms with Crippen LogP contribution in [0.1, 0.15) is 31.9 Å². The van der Waals surface area contributed by atoms with Gasteiger partial charge in [0.2, 0.25) is 5.91 Å². The fraction of sp³-hybridized carbons (Fsp3) is 0.421. The van der Waals surface area contributed by atoms with Gasteiger partial charge in [-0.3, -0.25) is 4.79 Å². The second-order valence-electron chi connectivity index (χ2n) is 6.81. The number of aryl methyl sites for hydroxylation is 1. The maximum Gasteiger partial charge on any atom is 0.243 e. The lowest BCUT2D eigenvalue weighted by Gasteiger charge is -2.47. The summed E-state index contributed by atoms with van der Waals surface area (Å²) in [7, 11) is 0. The standard InChI is InChI=1S/C19H22N2O3S/c1-12-8-14-9-15(4-5-17(14)24-12)23-11-16-10-21(13(2)25-16)19(18(20)22)6-3-7-19/h4-5,8-10,13H,3,6-7,11H2,1-2H3,(H2,20,22). The van der Waals surface area contributed by atoms with Crippen LogP contribution in [0.5, 0.6) is 5.75 Å². The molecule has 6 heteroatoms. The van der Waals surface area contributed by atoms with Gasteiger partial charge in [-0.05, 0) is 57.4 Å². The van der Waals surface area contributed by atoms with Crippen LogP contribution in [0, 0.1) is 6.92 Å². The van der Waals surface area contributed by atoms with Crippen LogP contribution in [0.4, 0.5) is 0 Å². The molecule has 1 aliphatic carbocycles. The van der Waals surface area contributed by atoms with Crippen LogP contribution in [-0.2, 0) is 4.79 Å². The number of hydrogen-bond acceptors (Lipinski definition) is 5. The minimum absolute atomic E-state index is 0.199. The number of hydrogen-bond donors (Lipinski definition) is 1. The van der Waals surface area contributed by atoms with Gasteiger partial charge in [0.05, 0.1) is 5.37 Å². The van der Waals surface area contributed by atoms with Crippen molar-refractivity contribution in [1.29, 1.82) is 0 Å². The largest absolute Gasteiger partial charge is 0.488 e. The minimum atomic E-state index is -0.499. The Morgan fingerprint density at radius 2 is 2.24 bits per heavy atom. The van der Waals surface area contributed by atoms with Crippen molar-refractivity contribution in [1.82, 2.24) is 4.90 Å². The quantitative estimate of drug-likeness (QED) is 0.881. The predicted octanol–water partition coefficient (Wildman–Crippen LogP) is 3.76. The number of carbonyl (C=O) groups is 1. The fourth-order valence-corrected chi connectivity index (χ4v) is 4.77. The maximum absolute atomic E-state index is 12.0. The van der Waals surface area contributed by atoms with Crippen LogP contribution < -0.4 is 10.5 Å². The van der Waals surface area contributed by atoms with Gasteiger partial charge in [0.15, 0.2) is 0 Å². The summed E-state index contributed by atoms with van der Waals surface area (Å²) in [5, 5.41) is 1.24.